The number of hydrogen-bond acceptors (Lipinski definition) is 7. The molecule has 2 aromatic carbocycles. The number of methoxy groups -OCH3 is 1. The molecule has 0 fully saturated rings. The molecule has 28 heavy (non-hydrogen) atoms. The lowest BCUT2D eigenvalue weighted by molar-refractivity contribution is 0.102. The highest BCUT2D eigenvalue weighted by Gasteiger charge is 2.17. The highest BCUT2D eigenvalue weighted by Crippen LogP contribution is 2.31. The molecule has 1 aliphatic rings. The fourth-order valence-electron chi connectivity index (χ4n) is 2.87. The van der Waals surface area contributed by atoms with Gasteiger partial charge in [-0.15, -0.1) is 10.2 Å². The van der Waals surface area contributed by atoms with Gasteiger partial charge in [0.2, 0.25) is 0 Å². The average Bonchev–Trinajstić information content (AvgIpc) is 3.08. The number of carbonyl (C=O) groups is 1. The Morgan fingerprint density at radius 2 is 2.00 bits per heavy atom. The van der Waals surface area contributed by atoms with Crippen molar-refractivity contribution in [3.05, 3.63) is 54.4 Å². The Morgan fingerprint density at radius 1 is 1.18 bits per heavy atom. The molecule has 4 rings (SSSR count). The second-order valence-corrected chi connectivity index (χ2v) is 7.02. The molecule has 0 N–H and O–H groups in total. The lowest BCUT2D eigenvalue weighted by Gasteiger charge is -2.11. The fraction of sp³-hybridized carbons (Fsp3) is 0.250. The molecule has 0 aliphatic carbocycles. The van der Waals surface area contributed by atoms with Crippen LogP contribution in [0.15, 0.2) is 53.9 Å². The molecule has 1 aliphatic heterocycles. The standard InChI is InChI=1S/C20H19N3O4S/c1-25-17-6-3-2-5-15(17)23-13-21-22-20(23)28-12-16(24)14-7-8-18-19(11-14)27-10-4-9-26-18/h2-3,5-8,11,13H,4,9-10,12H2,1H3. The SMILES string of the molecule is COc1ccccc1-n1cnnc1SCC(=O)c1ccc2c(c1)OCCCO2. The maximum Gasteiger partial charge on any atom is 0.196 e. The molecule has 0 saturated heterocycles. The summed E-state index contributed by atoms with van der Waals surface area (Å²) >= 11 is 1.32. The van der Waals surface area contributed by atoms with E-state index in [1.54, 1.807) is 31.6 Å². The van der Waals surface area contributed by atoms with Gasteiger partial charge in [0.1, 0.15) is 12.1 Å². The zero-order valence-electron chi connectivity index (χ0n) is 15.3. The molecule has 1 aromatic heterocycles. The molecule has 7 nitrogen and oxygen atoms in total. The van der Waals surface area contributed by atoms with Crippen LogP contribution in [0.4, 0.5) is 0 Å². The number of carbonyl (C=O) groups excluding carboxylic acids is 1. The van der Waals surface area contributed by atoms with Crippen LogP contribution >= 0.6 is 11.8 Å². The molecule has 144 valence electrons. The number of ketones is 1. The first-order valence-corrected chi connectivity index (χ1v) is 9.84. The highest BCUT2D eigenvalue weighted by atomic mass is 32.2. The second-order valence-electron chi connectivity index (χ2n) is 6.08. The molecule has 0 radical (unpaired) electrons. The lowest BCUT2D eigenvalue weighted by atomic mass is 10.1. The Bertz CT molecular complexity index is 989. The Balaban J connectivity index is 1.49. The summed E-state index contributed by atoms with van der Waals surface area (Å²) in [5, 5.41) is 8.74. The first kappa shape index (κ1) is 18.4. The number of rotatable bonds is 6. The Labute approximate surface area is 166 Å². The molecule has 0 atom stereocenters. The Kier molecular flexibility index (Phi) is 5.48. The van der Waals surface area contributed by atoms with Gasteiger partial charge in [-0.25, -0.2) is 0 Å². The van der Waals surface area contributed by atoms with Crippen molar-refractivity contribution < 1.29 is 19.0 Å². The second kappa shape index (κ2) is 8.35. The molecule has 0 unspecified atom stereocenters. The molecular formula is C20H19N3O4S. The largest absolute Gasteiger partial charge is 0.495 e. The van der Waals surface area contributed by atoms with E-state index >= 15 is 0 Å². The van der Waals surface area contributed by atoms with Gasteiger partial charge in [0.15, 0.2) is 22.4 Å². The third kappa shape index (κ3) is 3.82. The van der Waals surface area contributed by atoms with E-state index in [0.717, 1.165) is 12.1 Å². The molecular weight excluding hydrogens is 378 g/mol. The summed E-state index contributed by atoms with van der Waals surface area (Å²) in [5.74, 6) is 2.21. The minimum absolute atomic E-state index is 0.0183. The van der Waals surface area contributed by atoms with Gasteiger partial charge in [0, 0.05) is 12.0 Å². The van der Waals surface area contributed by atoms with Crippen molar-refractivity contribution in [3.63, 3.8) is 0 Å². The van der Waals surface area contributed by atoms with Gasteiger partial charge in [-0.05, 0) is 30.3 Å². The van der Waals surface area contributed by atoms with Crippen molar-refractivity contribution in [1.82, 2.24) is 14.8 Å². The number of Topliss-reactive ketones (excluding diaryl/α,β-unsaturated/α-hetero) is 1. The maximum absolute atomic E-state index is 12.7. The van der Waals surface area contributed by atoms with E-state index in [2.05, 4.69) is 10.2 Å². The van der Waals surface area contributed by atoms with Gasteiger partial charge < -0.3 is 14.2 Å². The number of fused-ring (bicyclic) bond motifs is 1. The van der Waals surface area contributed by atoms with Crippen LogP contribution in [0.3, 0.4) is 0 Å². The minimum Gasteiger partial charge on any atom is -0.495 e. The molecule has 0 amide bonds. The third-order valence-electron chi connectivity index (χ3n) is 4.26. The first-order valence-electron chi connectivity index (χ1n) is 8.85. The van der Waals surface area contributed by atoms with Crippen LogP contribution in [0, 0.1) is 0 Å². The van der Waals surface area contributed by atoms with E-state index in [-0.39, 0.29) is 11.5 Å². The first-order chi connectivity index (χ1) is 13.8. The topological polar surface area (TPSA) is 75.5 Å². The summed E-state index contributed by atoms with van der Waals surface area (Å²) in [6, 6.07) is 12.9. The van der Waals surface area contributed by atoms with Gasteiger partial charge in [-0.1, -0.05) is 23.9 Å². The van der Waals surface area contributed by atoms with Gasteiger partial charge in [-0.2, -0.15) is 0 Å². The molecule has 3 aromatic rings. The van der Waals surface area contributed by atoms with Crippen molar-refractivity contribution in [2.45, 2.75) is 11.6 Å². The van der Waals surface area contributed by atoms with Crippen LogP contribution in [0.1, 0.15) is 16.8 Å². The number of nitrogens with zero attached hydrogens (tertiary/aromatic N) is 3. The summed E-state index contributed by atoms with van der Waals surface area (Å²) in [6.45, 7) is 1.20. The van der Waals surface area contributed by atoms with Gasteiger partial charge in [0.25, 0.3) is 0 Å². The molecule has 2 heterocycles. The number of thioether (sulfide) groups is 1. The molecule has 0 bridgehead atoms. The lowest BCUT2D eigenvalue weighted by Crippen LogP contribution is -2.05. The molecule has 0 spiro atoms. The van der Waals surface area contributed by atoms with Crippen LogP contribution in [0.5, 0.6) is 17.2 Å². The number of aromatic nitrogens is 3. The van der Waals surface area contributed by atoms with E-state index in [4.69, 9.17) is 14.2 Å². The number of hydrogen-bond donors (Lipinski definition) is 0. The number of ether oxygens (including phenoxy) is 3. The predicted octanol–water partition coefficient (Wildman–Crippen LogP) is 3.41. The fourth-order valence-corrected chi connectivity index (χ4v) is 3.68. The highest BCUT2D eigenvalue weighted by molar-refractivity contribution is 7.99. The van der Waals surface area contributed by atoms with E-state index in [1.165, 1.54) is 11.8 Å². The summed E-state index contributed by atoms with van der Waals surface area (Å²) in [6.07, 6.45) is 2.44. The van der Waals surface area contributed by atoms with E-state index in [9.17, 15) is 4.79 Å². The van der Waals surface area contributed by atoms with Crippen LogP contribution in [0.2, 0.25) is 0 Å². The van der Waals surface area contributed by atoms with Gasteiger partial charge >= 0.3 is 0 Å². The zero-order chi connectivity index (χ0) is 19.3. The summed E-state index contributed by atoms with van der Waals surface area (Å²) in [5.41, 5.74) is 1.40. The molecule has 8 heteroatoms. The smallest absolute Gasteiger partial charge is 0.196 e. The number of benzene rings is 2. The van der Waals surface area contributed by atoms with E-state index in [1.807, 2.05) is 28.8 Å². The van der Waals surface area contributed by atoms with Crippen molar-refractivity contribution in [3.8, 4) is 22.9 Å². The summed E-state index contributed by atoms with van der Waals surface area (Å²) in [7, 11) is 1.61. The van der Waals surface area contributed by atoms with Crippen molar-refractivity contribution in [2.24, 2.45) is 0 Å². The predicted molar refractivity (Wildman–Crippen MR) is 105 cm³/mol. The molecule has 0 saturated carbocycles. The van der Waals surface area contributed by atoms with Crippen LogP contribution in [0.25, 0.3) is 5.69 Å². The van der Waals surface area contributed by atoms with E-state index in [0.29, 0.717) is 41.2 Å². The number of para-hydroxylation sites is 2. The van der Waals surface area contributed by atoms with Crippen LogP contribution in [-0.4, -0.2) is 46.6 Å². The van der Waals surface area contributed by atoms with Crippen LogP contribution in [-0.2, 0) is 0 Å². The Hall–Kier alpha value is -3.00. The summed E-state index contributed by atoms with van der Waals surface area (Å²) < 4.78 is 18.5. The monoisotopic (exact) mass is 397 g/mol. The maximum atomic E-state index is 12.7. The zero-order valence-corrected chi connectivity index (χ0v) is 16.1. The summed E-state index contributed by atoms with van der Waals surface area (Å²) in [4.78, 5) is 12.7. The Morgan fingerprint density at radius 3 is 2.86 bits per heavy atom. The van der Waals surface area contributed by atoms with Crippen molar-refractivity contribution in [1.29, 1.82) is 0 Å². The third-order valence-corrected chi connectivity index (χ3v) is 5.21. The average molecular weight is 397 g/mol. The van der Waals surface area contributed by atoms with E-state index < -0.39 is 0 Å². The van der Waals surface area contributed by atoms with Crippen molar-refractivity contribution in [2.75, 3.05) is 26.1 Å². The van der Waals surface area contributed by atoms with Gasteiger partial charge in [0.05, 0.1) is 31.8 Å². The quantitative estimate of drug-likeness (QED) is 0.466. The van der Waals surface area contributed by atoms with Crippen LogP contribution < -0.4 is 14.2 Å². The normalized spacial score (nSPS) is 13.0. The van der Waals surface area contributed by atoms with Gasteiger partial charge in [-0.3, -0.25) is 9.36 Å². The van der Waals surface area contributed by atoms with Crippen molar-refractivity contribution >= 4 is 17.5 Å². The minimum atomic E-state index is -0.0183.